The third kappa shape index (κ3) is 16.2. The summed E-state index contributed by atoms with van der Waals surface area (Å²) in [5.41, 5.74) is 4.00. The molecule has 0 aromatic heterocycles. The van der Waals surface area contributed by atoms with Crippen LogP contribution >= 0.6 is 11.6 Å². The molecule has 0 saturated heterocycles. The third-order valence-corrected chi connectivity index (χ3v) is 9.05. The molecule has 0 radical (unpaired) electrons. The highest BCUT2D eigenvalue weighted by Crippen LogP contribution is 2.31. The number of carbonyl (C=O) groups excluding carboxylic acids is 1. The maximum atomic E-state index is 12.9. The molecule has 0 heterocycles. The quantitative estimate of drug-likeness (QED) is 0.0373. The molecule has 0 unspecified atom stereocenters. The van der Waals surface area contributed by atoms with Gasteiger partial charge < -0.3 is 4.74 Å². The number of benzene rings is 3. The van der Waals surface area contributed by atoms with E-state index in [2.05, 4.69) is 95.7 Å². The van der Waals surface area contributed by atoms with Gasteiger partial charge in [0.1, 0.15) is 0 Å². The number of esters is 1. The number of hydrogen-bond acceptors (Lipinski definition) is 4. The van der Waals surface area contributed by atoms with Gasteiger partial charge in [-0.15, -0.1) is 11.6 Å². The van der Waals surface area contributed by atoms with Crippen LogP contribution in [-0.2, 0) is 19.6 Å². The molecule has 0 fully saturated rings. The summed E-state index contributed by atoms with van der Waals surface area (Å²) in [6.07, 6.45) is 16.7. The highest BCUT2D eigenvalue weighted by atomic mass is 35.5. The van der Waals surface area contributed by atoms with Crippen LogP contribution in [0.2, 0.25) is 0 Å². The lowest BCUT2D eigenvalue weighted by Gasteiger charge is -2.18. The molecule has 0 saturated carbocycles. The Balaban J connectivity index is 0.000000347. The van der Waals surface area contributed by atoms with E-state index in [-0.39, 0.29) is 6.61 Å². The zero-order valence-electron chi connectivity index (χ0n) is 27.4. The molecule has 0 bridgehead atoms. The van der Waals surface area contributed by atoms with Gasteiger partial charge in [0.05, 0.1) is 6.61 Å². The second-order valence-electron chi connectivity index (χ2n) is 11.8. The molecular weight excluding hydrogens is 642 g/mol. The first-order chi connectivity index (χ1) is 22.7. The minimum atomic E-state index is -5.79. The highest BCUT2D eigenvalue weighted by Gasteiger charge is 2.54. The third-order valence-electron chi connectivity index (χ3n) is 7.97. The van der Waals surface area contributed by atoms with E-state index in [0.29, 0.717) is 18.8 Å². The van der Waals surface area contributed by atoms with Gasteiger partial charge in [-0.25, -0.2) is 4.79 Å². The fourth-order valence-corrected chi connectivity index (χ4v) is 5.82. The van der Waals surface area contributed by atoms with E-state index in [1.165, 1.54) is 74.5 Å². The normalized spacial score (nSPS) is 11.6. The Morgan fingerprint density at radius 1 is 0.596 bits per heavy atom. The highest BCUT2D eigenvalue weighted by molar-refractivity contribution is 7.87. The van der Waals surface area contributed by atoms with Crippen LogP contribution in [0.15, 0.2) is 91.0 Å². The van der Waals surface area contributed by atoms with Gasteiger partial charge in [0.2, 0.25) is 0 Å². The van der Waals surface area contributed by atoms with Crippen molar-refractivity contribution in [2.24, 2.45) is 0 Å². The van der Waals surface area contributed by atoms with Gasteiger partial charge in [-0.2, -0.15) is 17.2 Å². The Labute approximate surface area is 285 Å². The predicted molar refractivity (Wildman–Crippen MR) is 188 cm³/mol. The summed E-state index contributed by atoms with van der Waals surface area (Å²) in [5, 5.41) is -4.91. The van der Waals surface area contributed by atoms with Crippen LogP contribution in [0.25, 0.3) is 0 Å². The van der Waals surface area contributed by atoms with E-state index in [9.17, 15) is 22.0 Å². The van der Waals surface area contributed by atoms with Gasteiger partial charge >= 0.3 is 21.3 Å². The molecule has 0 amide bonds. The maximum Gasteiger partial charge on any atom is 0.465 e. The lowest BCUT2D eigenvalue weighted by atomic mass is 9.85. The monoisotopic (exact) mass is 692 g/mol. The molecule has 1 N–H and O–H groups in total. The first kappa shape index (κ1) is 40.4. The molecule has 5 nitrogen and oxygen atoms in total. The molecule has 0 aliphatic heterocycles. The summed E-state index contributed by atoms with van der Waals surface area (Å²) in [6.45, 7) is -0.282. The van der Waals surface area contributed by atoms with E-state index in [0.717, 1.165) is 31.6 Å². The van der Waals surface area contributed by atoms with Gasteiger partial charge in [0.25, 0.3) is 0 Å². The zero-order chi connectivity index (χ0) is 34.2. The first-order valence-corrected chi connectivity index (χ1v) is 18.9. The molecule has 3 aromatic carbocycles. The van der Waals surface area contributed by atoms with Crippen LogP contribution in [-0.4, -0.2) is 36.7 Å². The molecule has 0 atom stereocenters. The first-order valence-electron chi connectivity index (χ1n) is 16.9. The van der Waals surface area contributed by atoms with Gasteiger partial charge in [-0.3, -0.25) is 4.55 Å². The molecule has 0 aliphatic rings. The van der Waals surface area contributed by atoms with Crippen LogP contribution in [0.5, 0.6) is 0 Å². The summed E-state index contributed by atoms with van der Waals surface area (Å²) in [4.78, 5) is 11.0. The van der Waals surface area contributed by atoms with Crippen molar-refractivity contribution >= 4 is 27.7 Å². The molecule has 260 valence electrons. The Hall–Kier alpha value is -2.81. The van der Waals surface area contributed by atoms with E-state index < -0.39 is 21.3 Å². The van der Waals surface area contributed by atoms with Crippen molar-refractivity contribution in [2.75, 3.05) is 12.5 Å². The molecule has 3 aromatic rings. The van der Waals surface area contributed by atoms with Gasteiger partial charge in [-0.05, 0) is 29.5 Å². The van der Waals surface area contributed by atoms with Crippen molar-refractivity contribution in [2.45, 2.75) is 107 Å². The number of unbranched alkanes of at least 4 members (excludes halogenated alkanes) is 14. The van der Waals surface area contributed by atoms with Crippen LogP contribution < -0.4 is 0 Å². The SMILES string of the molecule is O=C(OCCCCCCCCCCCCCCCCCCl)C(F)(F)S(=O)(=O)O.c1ccc(C(c2ccccc2)c2ccccc2)cc1. The molecule has 0 aliphatic carbocycles. The Morgan fingerprint density at radius 3 is 1.19 bits per heavy atom. The Bertz CT molecular complexity index is 1230. The second kappa shape index (κ2) is 23.5. The minimum Gasteiger partial charge on any atom is -0.460 e. The second-order valence-corrected chi connectivity index (χ2v) is 13.6. The Kier molecular flexibility index (Phi) is 20.2. The van der Waals surface area contributed by atoms with E-state index in [1.54, 1.807) is 0 Å². The van der Waals surface area contributed by atoms with Crippen molar-refractivity contribution < 1.29 is 31.3 Å². The summed E-state index contributed by atoms with van der Waals surface area (Å²) < 4.78 is 59.1. The molecule has 0 spiro atoms. The molecule has 47 heavy (non-hydrogen) atoms. The summed E-state index contributed by atoms with van der Waals surface area (Å²) in [7, 11) is -5.79. The zero-order valence-corrected chi connectivity index (χ0v) is 29.0. The lowest BCUT2D eigenvalue weighted by molar-refractivity contribution is -0.161. The van der Waals surface area contributed by atoms with Crippen LogP contribution in [0.1, 0.15) is 119 Å². The maximum absolute atomic E-state index is 12.9. The van der Waals surface area contributed by atoms with Crippen LogP contribution in [0, 0.1) is 0 Å². The van der Waals surface area contributed by atoms with E-state index >= 15 is 0 Å². The fourth-order valence-electron chi connectivity index (χ4n) is 5.36. The topological polar surface area (TPSA) is 80.7 Å². The van der Waals surface area contributed by atoms with Gasteiger partial charge in [-0.1, -0.05) is 174 Å². The number of alkyl halides is 3. The van der Waals surface area contributed by atoms with Crippen molar-refractivity contribution in [1.29, 1.82) is 0 Å². The number of hydrogen-bond donors (Lipinski definition) is 1. The number of carbonyl (C=O) groups is 1. The fraction of sp³-hybridized carbons (Fsp3) is 0.500. The van der Waals surface area contributed by atoms with E-state index in [4.69, 9.17) is 16.2 Å². The van der Waals surface area contributed by atoms with Gasteiger partial charge in [0, 0.05) is 11.8 Å². The van der Waals surface area contributed by atoms with Crippen LogP contribution in [0.4, 0.5) is 8.78 Å². The molecule has 9 heteroatoms. The molecule has 3 rings (SSSR count). The summed E-state index contributed by atoms with van der Waals surface area (Å²) >= 11 is 5.64. The van der Waals surface area contributed by atoms with Crippen molar-refractivity contribution in [3.63, 3.8) is 0 Å². The number of rotatable bonds is 22. The van der Waals surface area contributed by atoms with Crippen LogP contribution in [0.3, 0.4) is 0 Å². The van der Waals surface area contributed by atoms with Crippen molar-refractivity contribution in [3.8, 4) is 0 Å². The predicted octanol–water partition coefficient (Wildman–Crippen LogP) is 11.0. The van der Waals surface area contributed by atoms with Crippen molar-refractivity contribution in [3.05, 3.63) is 108 Å². The lowest BCUT2D eigenvalue weighted by Crippen LogP contribution is -2.39. The number of ether oxygens (including phenoxy) is 1. The minimum absolute atomic E-state index is 0.282. The summed E-state index contributed by atoms with van der Waals surface area (Å²) in [6, 6.07) is 32.0. The molecular formula is C38H51ClF2O5S. The van der Waals surface area contributed by atoms with Crippen molar-refractivity contribution in [1.82, 2.24) is 0 Å². The summed E-state index contributed by atoms with van der Waals surface area (Å²) in [5.74, 6) is -1.16. The average molecular weight is 693 g/mol. The van der Waals surface area contributed by atoms with E-state index in [1.807, 2.05) is 0 Å². The van der Waals surface area contributed by atoms with Gasteiger partial charge in [0.15, 0.2) is 0 Å². The smallest absolute Gasteiger partial charge is 0.460 e. The standard InChI is InChI=1S/C19H35ClF2O5S.C19H16/c20-16-14-12-10-8-6-4-2-1-3-5-7-9-11-13-15-17-27-18(23)19(21,22)28(24,25)26;1-4-10-16(11-5-1)19(17-12-6-2-7-13-17)18-14-8-3-9-15-18/h1-17H2,(H,24,25,26);1-15,19H. The number of halogens is 3. The Morgan fingerprint density at radius 2 is 0.894 bits per heavy atom. The average Bonchev–Trinajstić information content (AvgIpc) is 3.07. The largest absolute Gasteiger partial charge is 0.465 e.